The predicted molar refractivity (Wildman–Crippen MR) is 78.1 cm³/mol. The molecule has 3 aliphatic rings. The standard InChI is InChI=1S/C17H26O3/c1-5-13-11(2)6-8-14(13)16(18)10-12-7-9-15(16)17(12,19-3)20-4/h7-9,11-13,15,18H,5-6,10H2,1-4H3/t11-,12-,13+,15-,16-/m1/s1. The van der Waals surface area contributed by atoms with E-state index in [0.29, 0.717) is 18.3 Å². The third-order valence-corrected chi connectivity index (χ3v) is 5.91. The molecule has 3 rings (SSSR count). The van der Waals surface area contributed by atoms with Crippen LogP contribution in [0.1, 0.15) is 33.1 Å². The highest BCUT2D eigenvalue weighted by Crippen LogP contribution is 2.60. The van der Waals surface area contributed by atoms with Gasteiger partial charge in [0, 0.05) is 20.1 Å². The number of hydrogen-bond acceptors (Lipinski definition) is 3. The zero-order valence-corrected chi connectivity index (χ0v) is 12.9. The number of fused-ring (bicyclic) bond motifs is 2. The number of methoxy groups -OCH3 is 2. The van der Waals surface area contributed by atoms with Crippen molar-refractivity contribution in [1.82, 2.24) is 0 Å². The first-order valence-corrected chi connectivity index (χ1v) is 7.75. The van der Waals surface area contributed by atoms with Crippen LogP contribution in [0.5, 0.6) is 0 Å². The molecule has 20 heavy (non-hydrogen) atoms. The zero-order chi connectivity index (χ0) is 14.5. The molecule has 0 aromatic heterocycles. The molecule has 1 saturated carbocycles. The van der Waals surface area contributed by atoms with Crippen LogP contribution in [0.2, 0.25) is 0 Å². The Hall–Kier alpha value is -0.640. The quantitative estimate of drug-likeness (QED) is 0.635. The first kappa shape index (κ1) is 14.3. The van der Waals surface area contributed by atoms with Crippen molar-refractivity contribution in [3.05, 3.63) is 23.8 Å². The summed E-state index contributed by atoms with van der Waals surface area (Å²) in [4.78, 5) is 0. The second kappa shape index (κ2) is 4.69. The van der Waals surface area contributed by atoms with E-state index in [1.807, 2.05) is 0 Å². The molecular formula is C17H26O3. The van der Waals surface area contributed by atoms with Gasteiger partial charge >= 0.3 is 0 Å². The molecule has 0 saturated heterocycles. The van der Waals surface area contributed by atoms with E-state index in [9.17, 15) is 5.11 Å². The lowest BCUT2D eigenvalue weighted by Crippen LogP contribution is -2.47. The third kappa shape index (κ3) is 1.57. The number of rotatable bonds is 4. The Bertz CT molecular complexity index is 449. The lowest BCUT2D eigenvalue weighted by molar-refractivity contribution is -0.238. The van der Waals surface area contributed by atoms with Gasteiger partial charge in [-0.2, -0.15) is 0 Å². The van der Waals surface area contributed by atoms with E-state index in [1.54, 1.807) is 14.2 Å². The minimum atomic E-state index is -0.795. The molecule has 1 N–H and O–H groups in total. The van der Waals surface area contributed by atoms with Crippen LogP contribution in [0, 0.1) is 23.7 Å². The van der Waals surface area contributed by atoms with Gasteiger partial charge in [-0.1, -0.05) is 32.1 Å². The maximum Gasteiger partial charge on any atom is 0.183 e. The molecule has 0 spiro atoms. The molecular weight excluding hydrogens is 252 g/mol. The van der Waals surface area contributed by atoms with Gasteiger partial charge in [-0.25, -0.2) is 0 Å². The fourth-order valence-electron chi connectivity index (χ4n) is 4.90. The van der Waals surface area contributed by atoms with E-state index in [-0.39, 0.29) is 11.8 Å². The monoisotopic (exact) mass is 278 g/mol. The Morgan fingerprint density at radius 3 is 2.55 bits per heavy atom. The summed E-state index contributed by atoms with van der Waals surface area (Å²) in [6, 6.07) is 0. The van der Waals surface area contributed by atoms with Crippen molar-refractivity contribution in [2.24, 2.45) is 23.7 Å². The smallest absolute Gasteiger partial charge is 0.183 e. The molecule has 0 aromatic carbocycles. The fourth-order valence-corrected chi connectivity index (χ4v) is 4.90. The van der Waals surface area contributed by atoms with Crippen LogP contribution in [-0.4, -0.2) is 30.7 Å². The predicted octanol–water partition coefficient (Wildman–Crippen LogP) is 2.90. The minimum Gasteiger partial charge on any atom is -0.385 e. The number of aliphatic hydroxyl groups is 1. The molecule has 0 unspecified atom stereocenters. The van der Waals surface area contributed by atoms with E-state index in [4.69, 9.17) is 9.47 Å². The fraction of sp³-hybridized carbons (Fsp3) is 0.765. The first-order valence-electron chi connectivity index (χ1n) is 7.75. The van der Waals surface area contributed by atoms with Gasteiger partial charge in [-0.15, -0.1) is 0 Å². The summed E-state index contributed by atoms with van der Waals surface area (Å²) in [6.07, 6.45) is 9.38. The molecule has 5 atom stereocenters. The summed E-state index contributed by atoms with van der Waals surface area (Å²) in [5.41, 5.74) is 0.430. The SMILES string of the molecule is CC[C@@H]1C([C@]2(O)C[C@H]3C=C[C@H]2C3(OC)OC)=CC[C@H]1C. The van der Waals surface area contributed by atoms with Crippen LogP contribution >= 0.6 is 0 Å². The summed E-state index contributed by atoms with van der Waals surface area (Å²) in [5, 5.41) is 11.4. The van der Waals surface area contributed by atoms with E-state index < -0.39 is 11.4 Å². The highest BCUT2D eigenvalue weighted by molar-refractivity contribution is 5.37. The van der Waals surface area contributed by atoms with Gasteiger partial charge in [0.1, 0.15) is 0 Å². The Kier molecular flexibility index (Phi) is 3.35. The average Bonchev–Trinajstić information content (AvgIpc) is 3.06. The minimum absolute atomic E-state index is 0.0967. The van der Waals surface area contributed by atoms with Gasteiger partial charge in [0.2, 0.25) is 0 Å². The molecule has 0 radical (unpaired) electrons. The Balaban J connectivity index is 1.97. The largest absolute Gasteiger partial charge is 0.385 e. The second-order valence-corrected chi connectivity index (χ2v) is 6.61. The Morgan fingerprint density at radius 1 is 1.30 bits per heavy atom. The van der Waals surface area contributed by atoms with E-state index in [0.717, 1.165) is 12.8 Å². The number of ether oxygens (including phenoxy) is 2. The molecule has 3 nitrogen and oxygen atoms in total. The first-order chi connectivity index (χ1) is 9.53. The van der Waals surface area contributed by atoms with Gasteiger partial charge in [0.25, 0.3) is 0 Å². The molecule has 3 heteroatoms. The van der Waals surface area contributed by atoms with Crippen molar-refractivity contribution in [2.75, 3.05) is 14.2 Å². The summed E-state index contributed by atoms with van der Waals surface area (Å²) in [5.74, 6) is 0.475. The van der Waals surface area contributed by atoms with Gasteiger partial charge in [-0.05, 0) is 36.7 Å². The van der Waals surface area contributed by atoms with E-state index in [2.05, 4.69) is 32.1 Å². The summed E-state index contributed by atoms with van der Waals surface area (Å²) < 4.78 is 11.4. The van der Waals surface area contributed by atoms with Gasteiger partial charge in [0.05, 0.1) is 11.5 Å². The summed E-state index contributed by atoms with van der Waals surface area (Å²) >= 11 is 0. The van der Waals surface area contributed by atoms with Crippen molar-refractivity contribution >= 4 is 0 Å². The van der Waals surface area contributed by atoms with Gasteiger partial charge in [0.15, 0.2) is 5.79 Å². The maximum atomic E-state index is 11.4. The maximum absolute atomic E-state index is 11.4. The van der Waals surface area contributed by atoms with Crippen LogP contribution < -0.4 is 0 Å². The number of allylic oxidation sites excluding steroid dienone is 1. The molecule has 1 fully saturated rings. The Morgan fingerprint density at radius 2 is 2.00 bits per heavy atom. The van der Waals surface area contributed by atoms with E-state index in [1.165, 1.54) is 5.57 Å². The van der Waals surface area contributed by atoms with E-state index >= 15 is 0 Å². The lowest BCUT2D eigenvalue weighted by atomic mass is 9.74. The Labute approximate surface area is 121 Å². The van der Waals surface area contributed by atoms with Crippen molar-refractivity contribution in [3.63, 3.8) is 0 Å². The van der Waals surface area contributed by atoms with Crippen molar-refractivity contribution in [2.45, 2.75) is 44.5 Å². The molecule has 2 bridgehead atoms. The molecule has 0 aromatic rings. The molecule has 0 aliphatic heterocycles. The normalized spacial score (nSPS) is 45.1. The molecule has 112 valence electrons. The van der Waals surface area contributed by atoms with Crippen LogP contribution in [0.4, 0.5) is 0 Å². The highest BCUT2D eigenvalue weighted by atomic mass is 16.7. The van der Waals surface area contributed by atoms with Crippen LogP contribution in [0.25, 0.3) is 0 Å². The van der Waals surface area contributed by atoms with Crippen molar-refractivity contribution in [3.8, 4) is 0 Å². The number of hydrogen-bond donors (Lipinski definition) is 1. The molecule has 0 heterocycles. The average molecular weight is 278 g/mol. The topological polar surface area (TPSA) is 38.7 Å². The van der Waals surface area contributed by atoms with Crippen LogP contribution in [-0.2, 0) is 9.47 Å². The zero-order valence-electron chi connectivity index (χ0n) is 12.9. The third-order valence-electron chi connectivity index (χ3n) is 5.91. The summed E-state index contributed by atoms with van der Waals surface area (Å²) in [6.45, 7) is 4.50. The second-order valence-electron chi connectivity index (χ2n) is 6.61. The van der Waals surface area contributed by atoms with Crippen LogP contribution in [0.15, 0.2) is 23.8 Å². The highest BCUT2D eigenvalue weighted by Gasteiger charge is 2.66. The van der Waals surface area contributed by atoms with Crippen molar-refractivity contribution < 1.29 is 14.6 Å². The molecule has 3 aliphatic carbocycles. The lowest BCUT2D eigenvalue weighted by Gasteiger charge is -2.38. The van der Waals surface area contributed by atoms with Crippen LogP contribution in [0.3, 0.4) is 0 Å². The van der Waals surface area contributed by atoms with Gasteiger partial charge < -0.3 is 14.6 Å². The van der Waals surface area contributed by atoms with Gasteiger partial charge in [-0.3, -0.25) is 0 Å². The van der Waals surface area contributed by atoms with Crippen molar-refractivity contribution in [1.29, 1.82) is 0 Å². The summed E-state index contributed by atoms with van der Waals surface area (Å²) in [7, 11) is 3.37. The molecule has 0 amide bonds.